The summed E-state index contributed by atoms with van der Waals surface area (Å²) in [6.45, 7) is 0. The van der Waals surface area contributed by atoms with Gasteiger partial charge in [0.25, 0.3) is 17.5 Å². The summed E-state index contributed by atoms with van der Waals surface area (Å²) < 4.78 is 0. The third kappa shape index (κ3) is 3.42. The van der Waals surface area contributed by atoms with Gasteiger partial charge in [0, 0.05) is 18.2 Å². The Bertz CT molecular complexity index is 763. The SMILES string of the molecule is O=C1NC(=O)N(C2CCCCC2)C(=O)/C1=C\c1ccc([N+](=O)[O-])cc1. The second-order valence-corrected chi connectivity index (χ2v) is 6.13. The average molecular weight is 343 g/mol. The topological polar surface area (TPSA) is 110 Å². The molecule has 1 heterocycles. The molecule has 8 heteroatoms. The van der Waals surface area contributed by atoms with E-state index in [1.807, 2.05) is 0 Å². The second kappa shape index (κ2) is 6.84. The number of nitro groups is 1. The fourth-order valence-corrected chi connectivity index (χ4v) is 3.20. The molecule has 1 aromatic rings. The number of urea groups is 1. The van der Waals surface area contributed by atoms with Crippen molar-refractivity contribution in [2.45, 2.75) is 38.1 Å². The van der Waals surface area contributed by atoms with E-state index in [0.717, 1.165) is 37.0 Å². The highest BCUT2D eigenvalue weighted by molar-refractivity contribution is 6.31. The van der Waals surface area contributed by atoms with Crippen molar-refractivity contribution >= 4 is 29.6 Å². The van der Waals surface area contributed by atoms with Crippen LogP contribution in [0.1, 0.15) is 37.7 Å². The maximum absolute atomic E-state index is 12.7. The predicted molar refractivity (Wildman–Crippen MR) is 88.3 cm³/mol. The van der Waals surface area contributed by atoms with Crippen LogP contribution in [0.3, 0.4) is 0 Å². The zero-order valence-corrected chi connectivity index (χ0v) is 13.4. The molecule has 1 aromatic carbocycles. The molecule has 130 valence electrons. The largest absolute Gasteiger partial charge is 0.331 e. The van der Waals surface area contributed by atoms with E-state index in [0.29, 0.717) is 5.56 Å². The Balaban J connectivity index is 1.88. The Hall–Kier alpha value is -3.03. The minimum absolute atomic E-state index is 0.0828. The van der Waals surface area contributed by atoms with Crippen LogP contribution in [-0.4, -0.2) is 33.7 Å². The van der Waals surface area contributed by atoms with Gasteiger partial charge in [-0.3, -0.25) is 29.9 Å². The summed E-state index contributed by atoms with van der Waals surface area (Å²) in [6, 6.07) is 4.61. The third-order valence-corrected chi connectivity index (χ3v) is 4.49. The van der Waals surface area contributed by atoms with Crippen molar-refractivity contribution in [3.63, 3.8) is 0 Å². The number of nitro benzene ring substituents is 1. The van der Waals surface area contributed by atoms with E-state index in [9.17, 15) is 24.5 Å². The monoisotopic (exact) mass is 343 g/mol. The minimum Gasteiger partial charge on any atom is -0.273 e. The van der Waals surface area contributed by atoms with Crippen LogP contribution in [0.25, 0.3) is 6.08 Å². The normalized spacial score (nSPS) is 20.7. The first-order valence-corrected chi connectivity index (χ1v) is 8.12. The lowest BCUT2D eigenvalue weighted by Gasteiger charge is -2.35. The van der Waals surface area contributed by atoms with Gasteiger partial charge >= 0.3 is 6.03 Å². The highest BCUT2D eigenvalue weighted by Gasteiger charge is 2.40. The summed E-state index contributed by atoms with van der Waals surface area (Å²) in [5, 5.41) is 12.9. The van der Waals surface area contributed by atoms with Gasteiger partial charge in [-0.25, -0.2) is 4.79 Å². The lowest BCUT2D eigenvalue weighted by molar-refractivity contribution is -0.384. The van der Waals surface area contributed by atoms with E-state index >= 15 is 0 Å². The fraction of sp³-hybridized carbons (Fsp3) is 0.353. The number of carbonyl (C=O) groups excluding carboxylic acids is 3. The van der Waals surface area contributed by atoms with Crippen LogP contribution in [0.5, 0.6) is 0 Å². The van der Waals surface area contributed by atoms with Gasteiger partial charge in [0.2, 0.25) is 0 Å². The van der Waals surface area contributed by atoms with Gasteiger partial charge in [0.15, 0.2) is 0 Å². The lowest BCUT2D eigenvalue weighted by atomic mass is 9.93. The van der Waals surface area contributed by atoms with Crippen LogP contribution in [0.15, 0.2) is 29.8 Å². The standard InChI is InChI=1S/C17H17N3O5/c21-15-14(10-11-6-8-13(9-7-11)20(24)25)16(22)19(17(23)18-15)12-4-2-1-3-5-12/h6-10,12H,1-5H2,(H,18,21,23)/b14-10-. The molecule has 0 radical (unpaired) electrons. The number of hydrogen-bond donors (Lipinski definition) is 1. The molecule has 2 fully saturated rings. The zero-order valence-electron chi connectivity index (χ0n) is 13.4. The molecule has 1 N–H and O–H groups in total. The van der Waals surface area contributed by atoms with E-state index in [-0.39, 0.29) is 17.3 Å². The molecule has 1 aliphatic carbocycles. The number of imide groups is 2. The van der Waals surface area contributed by atoms with Crippen LogP contribution in [0, 0.1) is 10.1 Å². The van der Waals surface area contributed by atoms with Gasteiger partial charge < -0.3 is 0 Å². The Labute approximate surface area is 143 Å². The molecule has 3 rings (SSSR count). The molecule has 8 nitrogen and oxygen atoms in total. The van der Waals surface area contributed by atoms with Gasteiger partial charge in [0.1, 0.15) is 5.57 Å². The second-order valence-electron chi connectivity index (χ2n) is 6.13. The number of benzene rings is 1. The molecule has 1 saturated carbocycles. The number of carbonyl (C=O) groups is 3. The van der Waals surface area contributed by atoms with Crippen molar-refractivity contribution in [2.75, 3.05) is 0 Å². The van der Waals surface area contributed by atoms with Crippen molar-refractivity contribution in [3.8, 4) is 0 Å². The first-order chi connectivity index (χ1) is 12.0. The molecule has 0 atom stereocenters. The zero-order chi connectivity index (χ0) is 18.0. The molecular formula is C17H17N3O5. The van der Waals surface area contributed by atoms with Crippen molar-refractivity contribution in [3.05, 3.63) is 45.5 Å². The lowest BCUT2D eigenvalue weighted by Crippen LogP contribution is -2.58. The summed E-state index contributed by atoms with van der Waals surface area (Å²) in [5.41, 5.74) is 0.252. The van der Waals surface area contributed by atoms with Crippen LogP contribution >= 0.6 is 0 Å². The number of nitrogens with one attached hydrogen (secondary N) is 1. The van der Waals surface area contributed by atoms with Crippen molar-refractivity contribution in [1.82, 2.24) is 10.2 Å². The van der Waals surface area contributed by atoms with Crippen molar-refractivity contribution < 1.29 is 19.3 Å². The molecule has 4 amide bonds. The Kier molecular flexibility index (Phi) is 4.60. The molecule has 2 aliphatic rings. The van der Waals surface area contributed by atoms with E-state index in [1.165, 1.54) is 30.3 Å². The number of rotatable bonds is 3. The molecule has 1 saturated heterocycles. The number of nitrogens with zero attached hydrogens (tertiary/aromatic N) is 2. The Morgan fingerprint density at radius 1 is 1.08 bits per heavy atom. The van der Waals surface area contributed by atoms with E-state index < -0.39 is 22.8 Å². The summed E-state index contributed by atoms with van der Waals surface area (Å²) in [7, 11) is 0. The van der Waals surface area contributed by atoms with Crippen molar-refractivity contribution in [1.29, 1.82) is 0 Å². The van der Waals surface area contributed by atoms with Gasteiger partial charge in [0.05, 0.1) is 4.92 Å². The summed E-state index contributed by atoms with van der Waals surface area (Å²) in [6.07, 6.45) is 5.78. The highest BCUT2D eigenvalue weighted by atomic mass is 16.6. The maximum atomic E-state index is 12.7. The summed E-state index contributed by atoms with van der Waals surface area (Å²) in [5.74, 6) is -1.36. The average Bonchev–Trinajstić information content (AvgIpc) is 2.60. The third-order valence-electron chi connectivity index (χ3n) is 4.49. The van der Waals surface area contributed by atoms with Gasteiger partial charge in [-0.05, 0) is 36.6 Å². The number of hydrogen-bond acceptors (Lipinski definition) is 5. The summed E-state index contributed by atoms with van der Waals surface area (Å²) >= 11 is 0. The summed E-state index contributed by atoms with van der Waals surface area (Å²) in [4.78, 5) is 48.2. The van der Waals surface area contributed by atoms with Crippen LogP contribution < -0.4 is 5.32 Å². The molecule has 0 aromatic heterocycles. The molecule has 25 heavy (non-hydrogen) atoms. The van der Waals surface area contributed by atoms with Gasteiger partial charge in [-0.15, -0.1) is 0 Å². The Morgan fingerprint density at radius 3 is 2.32 bits per heavy atom. The first kappa shape index (κ1) is 16.8. The van der Waals surface area contributed by atoms with Crippen LogP contribution in [0.4, 0.5) is 10.5 Å². The number of barbiturate groups is 1. The van der Waals surface area contributed by atoms with E-state index in [4.69, 9.17) is 0 Å². The predicted octanol–water partition coefficient (Wildman–Crippen LogP) is 2.39. The molecule has 0 unspecified atom stereocenters. The molecule has 0 spiro atoms. The maximum Gasteiger partial charge on any atom is 0.331 e. The molecule has 0 bridgehead atoms. The minimum atomic E-state index is -0.750. The van der Waals surface area contributed by atoms with Gasteiger partial charge in [-0.1, -0.05) is 19.3 Å². The highest BCUT2D eigenvalue weighted by Crippen LogP contribution is 2.26. The van der Waals surface area contributed by atoms with E-state index in [2.05, 4.69) is 5.32 Å². The quantitative estimate of drug-likeness (QED) is 0.392. The smallest absolute Gasteiger partial charge is 0.273 e. The number of non-ortho nitro benzene ring substituents is 1. The Morgan fingerprint density at radius 2 is 1.72 bits per heavy atom. The first-order valence-electron chi connectivity index (χ1n) is 8.12. The fourth-order valence-electron chi connectivity index (χ4n) is 3.20. The van der Waals surface area contributed by atoms with E-state index in [1.54, 1.807) is 0 Å². The van der Waals surface area contributed by atoms with Crippen LogP contribution in [-0.2, 0) is 9.59 Å². The van der Waals surface area contributed by atoms with Crippen LogP contribution in [0.2, 0.25) is 0 Å². The molecular weight excluding hydrogens is 326 g/mol. The number of amides is 4. The van der Waals surface area contributed by atoms with Gasteiger partial charge in [-0.2, -0.15) is 0 Å². The molecule has 1 aliphatic heterocycles. The van der Waals surface area contributed by atoms with Crippen molar-refractivity contribution in [2.24, 2.45) is 0 Å².